The summed E-state index contributed by atoms with van der Waals surface area (Å²) in [5.41, 5.74) is 12.6. The predicted octanol–water partition coefficient (Wildman–Crippen LogP) is 10.2. The Labute approximate surface area is 553 Å². The van der Waals surface area contributed by atoms with E-state index in [9.17, 15) is 0 Å². The Morgan fingerprint density at radius 2 is 0.652 bits per heavy atom. The van der Waals surface area contributed by atoms with Crippen molar-refractivity contribution in [2.75, 3.05) is 0 Å². The molecule has 14 heteroatoms. The predicted molar refractivity (Wildman–Crippen MR) is 404 cm³/mol. The molecule has 0 bridgehead atoms. The highest BCUT2D eigenvalue weighted by Gasteiger charge is 2.37. The third kappa shape index (κ3) is 8.63. The van der Waals surface area contributed by atoms with E-state index in [1.807, 2.05) is 35.6 Å². The number of hydrogen-bond acceptors (Lipinski definition) is 1. The van der Waals surface area contributed by atoms with Gasteiger partial charge in [-0.25, -0.2) is 0 Å². The van der Waals surface area contributed by atoms with Gasteiger partial charge in [-0.15, -0.1) is 54.1 Å². The lowest BCUT2D eigenvalue weighted by atomic mass is 9.58. The van der Waals surface area contributed by atoms with Gasteiger partial charge in [-0.1, -0.05) is 186 Å². The van der Waals surface area contributed by atoms with Crippen molar-refractivity contribution >= 4 is 218 Å². The highest BCUT2D eigenvalue weighted by molar-refractivity contribution is 8.34. The average Bonchev–Trinajstić information content (AvgIpc) is 1.20. The molecule has 3 aromatic heterocycles. The zero-order valence-electron chi connectivity index (χ0n) is 49.7. The number of rotatable bonds is 10. The van der Waals surface area contributed by atoms with Gasteiger partial charge in [-0.2, -0.15) is 0 Å². The van der Waals surface area contributed by atoms with E-state index in [2.05, 4.69) is 240 Å². The van der Waals surface area contributed by atoms with Gasteiger partial charge in [-0.3, -0.25) is 0 Å². The molecule has 16 aromatic rings. The van der Waals surface area contributed by atoms with E-state index >= 15 is 0 Å². The zero-order chi connectivity index (χ0) is 62.8. The number of aromatic nitrogens is 2. The van der Waals surface area contributed by atoms with Crippen molar-refractivity contribution in [3.05, 3.63) is 255 Å². The van der Waals surface area contributed by atoms with Gasteiger partial charge >= 0.3 is 0 Å². The molecule has 2 nitrogen and oxygen atoms in total. The summed E-state index contributed by atoms with van der Waals surface area (Å²) in [4.78, 5) is 3.95. The van der Waals surface area contributed by atoms with Gasteiger partial charge in [0.2, 0.25) is 0 Å². The number of hydrogen-bond donors (Lipinski definition) is 0. The Hall–Kier alpha value is -9.32. The topological polar surface area (TPSA) is 9.86 Å². The van der Waals surface area contributed by atoms with E-state index < -0.39 is 10.0 Å². The number of fused-ring (bicyclic) bond motifs is 9. The van der Waals surface area contributed by atoms with E-state index in [0.717, 1.165) is 85.6 Å². The Kier molecular flexibility index (Phi) is 14.1. The molecular formula is C78H42B10N2S2. The minimum absolute atomic E-state index is 0.0709. The lowest BCUT2D eigenvalue weighted by molar-refractivity contribution is 1.16. The monoisotopic (exact) mass is 1180 g/mol. The molecule has 0 aliphatic heterocycles. The van der Waals surface area contributed by atoms with E-state index in [-0.39, 0.29) is 54.6 Å². The molecule has 0 amide bonds. The summed E-state index contributed by atoms with van der Waals surface area (Å²) in [6, 6.07) is 90.3. The van der Waals surface area contributed by atoms with Crippen LogP contribution in [-0.2, 0) is 0 Å². The van der Waals surface area contributed by atoms with E-state index in [1.54, 1.807) is 0 Å². The van der Waals surface area contributed by atoms with Gasteiger partial charge in [-0.05, 0) is 119 Å². The maximum atomic E-state index is 7.39. The van der Waals surface area contributed by atoms with Crippen LogP contribution in [0.25, 0.3) is 120 Å². The van der Waals surface area contributed by atoms with Gasteiger partial charge in [0.15, 0.2) is 0 Å². The van der Waals surface area contributed by atoms with Crippen LogP contribution in [0.15, 0.2) is 274 Å². The van der Waals surface area contributed by atoms with Gasteiger partial charge in [0, 0.05) is 83.7 Å². The highest BCUT2D eigenvalue weighted by atomic mass is 32.3. The molecule has 0 atom stereocenters. The molecule has 0 aliphatic rings. The van der Waals surface area contributed by atoms with Gasteiger partial charge in [0.05, 0.1) is 27.8 Å². The molecular weight excluding hydrogens is 1140 g/mol. The van der Waals surface area contributed by atoms with Gasteiger partial charge in [0.25, 0.3) is 0 Å². The third-order valence-corrected chi connectivity index (χ3v) is 23.4. The summed E-state index contributed by atoms with van der Waals surface area (Å²) in [6.45, 7) is 0. The summed E-state index contributed by atoms with van der Waals surface area (Å²) in [5, 5.41) is 6.63. The van der Waals surface area contributed by atoms with Crippen molar-refractivity contribution in [3.8, 4) is 55.9 Å². The SMILES string of the molecule is [B]c1c([B])c([B])c(-c2cc(S(c3ccccc3)(c3ccccc3)c3ccccc3)cc(-c3c([B])c([B])c([B])c([B])c3[B])c2-n2c3ccccc3c3cc(-n4c5ccccc5c5cccc(-c6ccccc6-c6cccc7sc8ccccc8c67)c54)ccc32)c([B])c1[B]. The van der Waals surface area contributed by atoms with Gasteiger partial charge in [0.1, 0.15) is 78.5 Å². The van der Waals surface area contributed by atoms with Crippen molar-refractivity contribution in [3.63, 3.8) is 0 Å². The average molecular weight is 1180 g/mol. The largest absolute Gasteiger partial charge is 0.309 e. The summed E-state index contributed by atoms with van der Waals surface area (Å²) in [6.07, 6.45) is 0. The van der Waals surface area contributed by atoms with Crippen molar-refractivity contribution in [2.45, 2.75) is 19.6 Å². The fourth-order valence-electron chi connectivity index (χ4n) is 14.2. The Bertz CT molecular complexity index is 5480. The normalized spacial score (nSPS) is 12.1. The van der Waals surface area contributed by atoms with Crippen LogP contribution >= 0.6 is 21.4 Å². The molecule has 13 aromatic carbocycles. The minimum atomic E-state index is -2.53. The fraction of sp³-hybridized carbons (Fsp3) is 0. The highest BCUT2D eigenvalue weighted by Crippen LogP contribution is 2.74. The lowest BCUT2D eigenvalue weighted by Crippen LogP contribution is -2.55. The van der Waals surface area contributed by atoms with Crippen LogP contribution in [0.2, 0.25) is 0 Å². The number of thiophene rings is 1. The smallest absolute Gasteiger partial charge is 0.113 e. The Morgan fingerprint density at radius 1 is 0.261 bits per heavy atom. The van der Waals surface area contributed by atoms with Crippen molar-refractivity contribution in [2.24, 2.45) is 0 Å². The van der Waals surface area contributed by atoms with E-state index in [1.165, 1.54) is 25.7 Å². The first-order valence-electron chi connectivity index (χ1n) is 30.1. The van der Waals surface area contributed by atoms with E-state index in [4.69, 9.17) is 78.5 Å². The van der Waals surface area contributed by atoms with Crippen molar-refractivity contribution < 1.29 is 0 Å². The van der Waals surface area contributed by atoms with Crippen LogP contribution in [0.5, 0.6) is 0 Å². The second-order valence-electron chi connectivity index (χ2n) is 23.2. The summed E-state index contributed by atoms with van der Waals surface area (Å²) in [5.74, 6) is 0. The molecule has 92 heavy (non-hydrogen) atoms. The van der Waals surface area contributed by atoms with Crippen LogP contribution in [0.3, 0.4) is 0 Å². The second-order valence-corrected chi connectivity index (χ2v) is 27.4. The number of para-hydroxylation sites is 3. The molecule has 406 valence electrons. The first-order chi connectivity index (χ1) is 44.9. The molecule has 3 heterocycles. The lowest BCUT2D eigenvalue weighted by Gasteiger charge is -2.43. The van der Waals surface area contributed by atoms with Crippen LogP contribution in [0, 0.1) is 0 Å². The van der Waals surface area contributed by atoms with E-state index in [0.29, 0.717) is 27.9 Å². The molecule has 0 N–H and O–H groups in total. The van der Waals surface area contributed by atoms with Gasteiger partial charge < -0.3 is 9.13 Å². The maximum Gasteiger partial charge on any atom is 0.113 e. The molecule has 0 fully saturated rings. The summed E-state index contributed by atoms with van der Waals surface area (Å²) >= 11 is 1.83. The molecule has 16 rings (SSSR count). The quantitative estimate of drug-likeness (QED) is 0.121. The standard InChI is InChI=1S/C78H42B10N2S2/c79-67-65(68(80)72(84)75(87)71(67)83)57-41-47(92(44-20-4-1-5-21-44,45-22-6-2-7-23-45)46-24-8-3-9-25-46)42-58(66-69(81)73(85)76(88)74(86)70(66)82)78(57)90-60-35-16-13-29-51(60)56-40-43(38-39-61(56)90)89-59-34-15-12-28-50(59)54-33-18-32-53(77(54)89)49-27-11-10-26-48(49)52-31-19-37-63-64(52)55-30-14-17-36-62(55)91-63/h1-42H. The van der Waals surface area contributed by atoms with Crippen molar-refractivity contribution in [1.82, 2.24) is 9.13 Å². The van der Waals surface area contributed by atoms with Crippen LogP contribution in [0.1, 0.15) is 0 Å². The molecule has 0 unspecified atom stereocenters. The Morgan fingerprint density at radius 3 is 1.21 bits per heavy atom. The molecule has 0 aliphatic carbocycles. The van der Waals surface area contributed by atoms with Crippen LogP contribution in [-0.4, -0.2) is 87.6 Å². The van der Waals surface area contributed by atoms with Crippen LogP contribution in [0.4, 0.5) is 0 Å². The zero-order valence-corrected chi connectivity index (χ0v) is 51.4. The second kappa shape index (κ2) is 22.5. The molecule has 0 saturated heterocycles. The minimum Gasteiger partial charge on any atom is -0.309 e. The first kappa shape index (κ1) is 57.8. The molecule has 0 spiro atoms. The molecule has 20 radical (unpaired) electrons. The van der Waals surface area contributed by atoms with Crippen LogP contribution < -0.4 is 54.6 Å². The summed E-state index contributed by atoms with van der Waals surface area (Å²) < 4.78 is 7.14. The molecule has 0 saturated carbocycles. The third-order valence-electron chi connectivity index (χ3n) is 18.4. The fourth-order valence-corrected chi connectivity index (χ4v) is 19.2. The number of benzene rings is 13. The number of nitrogens with zero attached hydrogens (tertiary/aromatic N) is 2. The Balaban J connectivity index is 1.04. The maximum absolute atomic E-state index is 7.39. The summed E-state index contributed by atoms with van der Waals surface area (Å²) in [7, 11) is 68.4. The first-order valence-corrected chi connectivity index (χ1v) is 32.6. The van der Waals surface area contributed by atoms with Crippen molar-refractivity contribution in [1.29, 1.82) is 0 Å².